The molecule has 0 saturated heterocycles. The first kappa shape index (κ1) is 15.9. The molecule has 0 fully saturated rings. The van der Waals surface area contributed by atoms with E-state index in [1.807, 2.05) is 13.8 Å². The molecule has 0 spiro atoms. The zero-order valence-corrected chi connectivity index (χ0v) is 10.7. The number of hydrogen-bond acceptors (Lipinski definition) is 4. The number of methoxy groups -OCH3 is 1. The van der Waals surface area contributed by atoms with Crippen molar-refractivity contribution in [3.05, 3.63) is 0 Å². The largest absolute Gasteiger partial charge is 0.382 e. The molecular formula is C11H22N2O4. The summed E-state index contributed by atoms with van der Waals surface area (Å²) < 4.78 is 9.93. The lowest BCUT2D eigenvalue weighted by Crippen LogP contribution is -2.47. The van der Waals surface area contributed by atoms with Gasteiger partial charge in [0.15, 0.2) is 0 Å². The Morgan fingerprint density at radius 1 is 1.24 bits per heavy atom. The Morgan fingerprint density at radius 3 is 2.35 bits per heavy atom. The van der Waals surface area contributed by atoms with E-state index in [1.165, 1.54) is 0 Å². The van der Waals surface area contributed by atoms with E-state index >= 15 is 0 Å². The van der Waals surface area contributed by atoms with Crippen molar-refractivity contribution in [1.29, 1.82) is 0 Å². The van der Waals surface area contributed by atoms with Crippen LogP contribution in [0.25, 0.3) is 0 Å². The summed E-state index contributed by atoms with van der Waals surface area (Å²) in [6, 6.07) is -0.624. The SMILES string of the molecule is COCCOCCC(=O)N[C@H](C(N)=O)C(C)C. The molecule has 2 amide bonds. The normalized spacial score (nSPS) is 12.5. The van der Waals surface area contributed by atoms with Crippen molar-refractivity contribution in [3.63, 3.8) is 0 Å². The van der Waals surface area contributed by atoms with Gasteiger partial charge in [-0.25, -0.2) is 0 Å². The van der Waals surface area contributed by atoms with Gasteiger partial charge >= 0.3 is 0 Å². The minimum absolute atomic E-state index is 0.0224. The summed E-state index contributed by atoms with van der Waals surface area (Å²) in [5, 5.41) is 2.58. The van der Waals surface area contributed by atoms with Crippen molar-refractivity contribution in [3.8, 4) is 0 Å². The summed E-state index contributed by atoms with van der Waals surface area (Å²) in [4.78, 5) is 22.5. The predicted molar refractivity (Wildman–Crippen MR) is 63.3 cm³/mol. The first-order valence-electron chi connectivity index (χ1n) is 5.64. The maximum absolute atomic E-state index is 11.5. The van der Waals surface area contributed by atoms with Crippen molar-refractivity contribution in [1.82, 2.24) is 5.32 Å². The van der Waals surface area contributed by atoms with Crippen molar-refractivity contribution < 1.29 is 19.1 Å². The van der Waals surface area contributed by atoms with Crippen molar-refractivity contribution in [2.24, 2.45) is 11.7 Å². The van der Waals surface area contributed by atoms with E-state index in [0.29, 0.717) is 19.8 Å². The van der Waals surface area contributed by atoms with Crippen LogP contribution in [-0.4, -0.2) is 44.8 Å². The topological polar surface area (TPSA) is 90.7 Å². The molecule has 0 saturated carbocycles. The summed E-state index contributed by atoms with van der Waals surface area (Å²) in [5.74, 6) is -0.778. The summed E-state index contributed by atoms with van der Waals surface area (Å²) in [6.07, 6.45) is 0.209. The Morgan fingerprint density at radius 2 is 1.88 bits per heavy atom. The molecule has 0 unspecified atom stereocenters. The molecular weight excluding hydrogens is 224 g/mol. The Hall–Kier alpha value is -1.14. The van der Waals surface area contributed by atoms with Crippen LogP contribution >= 0.6 is 0 Å². The van der Waals surface area contributed by atoms with Gasteiger partial charge in [-0.05, 0) is 5.92 Å². The van der Waals surface area contributed by atoms with Crippen LogP contribution in [0, 0.1) is 5.92 Å². The van der Waals surface area contributed by atoms with Crippen molar-refractivity contribution in [2.75, 3.05) is 26.9 Å². The molecule has 6 heteroatoms. The Kier molecular flexibility index (Phi) is 8.35. The van der Waals surface area contributed by atoms with Crippen LogP contribution < -0.4 is 11.1 Å². The maximum Gasteiger partial charge on any atom is 0.240 e. The fourth-order valence-electron chi connectivity index (χ4n) is 1.22. The average molecular weight is 246 g/mol. The van der Waals surface area contributed by atoms with E-state index in [4.69, 9.17) is 15.2 Å². The predicted octanol–water partition coefficient (Wildman–Crippen LogP) is -0.334. The van der Waals surface area contributed by atoms with E-state index in [2.05, 4.69) is 5.32 Å². The Balaban J connectivity index is 3.80. The van der Waals surface area contributed by atoms with Crippen LogP contribution in [-0.2, 0) is 19.1 Å². The number of rotatable bonds is 9. The van der Waals surface area contributed by atoms with Gasteiger partial charge in [0, 0.05) is 13.5 Å². The number of ether oxygens (including phenoxy) is 2. The van der Waals surface area contributed by atoms with Gasteiger partial charge in [-0.15, -0.1) is 0 Å². The van der Waals surface area contributed by atoms with Gasteiger partial charge in [-0.3, -0.25) is 9.59 Å². The quantitative estimate of drug-likeness (QED) is 0.545. The molecule has 100 valence electrons. The van der Waals surface area contributed by atoms with Crippen LogP contribution in [0.1, 0.15) is 20.3 Å². The van der Waals surface area contributed by atoms with Gasteiger partial charge in [0.25, 0.3) is 0 Å². The van der Waals surface area contributed by atoms with Gasteiger partial charge in [0.1, 0.15) is 6.04 Å². The second kappa shape index (κ2) is 8.95. The fourth-order valence-corrected chi connectivity index (χ4v) is 1.22. The van der Waals surface area contributed by atoms with Gasteiger partial charge < -0.3 is 20.5 Å². The third kappa shape index (κ3) is 7.70. The van der Waals surface area contributed by atoms with Gasteiger partial charge in [-0.1, -0.05) is 13.8 Å². The van der Waals surface area contributed by atoms with Crippen LogP contribution in [0.3, 0.4) is 0 Å². The fraction of sp³-hybridized carbons (Fsp3) is 0.818. The summed E-state index contributed by atoms with van der Waals surface area (Å²) in [5.41, 5.74) is 5.18. The van der Waals surface area contributed by atoms with Crippen LogP contribution in [0.2, 0.25) is 0 Å². The highest BCUT2D eigenvalue weighted by Crippen LogP contribution is 2.01. The standard InChI is InChI=1S/C11H22N2O4/c1-8(2)10(11(12)15)13-9(14)4-5-17-7-6-16-3/h8,10H,4-7H2,1-3H3,(H2,12,15)(H,13,14)/t10-/m0/s1. The molecule has 0 aromatic heterocycles. The molecule has 1 atom stereocenters. The highest BCUT2D eigenvalue weighted by Gasteiger charge is 2.21. The van der Waals surface area contributed by atoms with Crippen LogP contribution in [0.15, 0.2) is 0 Å². The Bertz CT molecular complexity index is 244. The lowest BCUT2D eigenvalue weighted by atomic mass is 10.0. The third-order valence-electron chi connectivity index (χ3n) is 2.19. The number of carbonyl (C=O) groups is 2. The molecule has 0 aromatic carbocycles. The van der Waals surface area contributed by atoms with Gasteiger partial charge in [-0.2, -0.15) is 0 Å². The number of nitrogens with one attached hydrogen (secondary N) is 1. The minimum atomic E-state index is -0.624. The van der Waals surface area contributed by atoms with E-state index < -0.39 is 11.9 Å². The first-order valence-corrected chi connectivity index (χ1v) is 5.64. The molecule has 0 bridgehead atoms. The van der Waals surface area contributed by atoms with E-state index in [0.717, 1.165) is 0 Å². The molecule has 17 heavy (non-hydrogen) atoms. The molecule has 0 aliphatic heterocycles. The second-order valence-electron chi connectivity index (χ2n) is 4.05. The van der Waals surface area contributed by atoms with Gasteiger partial charge in [0.2, 0.25) is 11.8 Å². The first-order chi connectivity index (χ1) is 7.99. The van der Waals surface area contributed by atoms with Gasteiger partial charge in [0.05, 0.1) is 19.8 Å². The van der Waals surface area contributed by atoms with E-state index in [-0.39, 0.29) is 18.2 Å². The molecule has 0 rings (SSSR count). The molecule has 0 radical (unpaired) electrons. The summed E-state index contributed by atoms with van der Waals surface area (Å²) in [7, 11) is 1.58. The zero-order chi connectivity index (χ0) is 13.3. The van der Waals surface area contributed by atoms with Crippen LogP contribution in [0.4, 0.5) is 0 Å². The number of primary amides is 1. The minimum Gasteiger partial charge on any atom is -0.382 e. The lowest BCUT2D eigenvalue weighted by molar-refractivity contribution is -0.129. The lowest BCUT2D eigenvalue weighted by Gasteiger charge is -2.18. The smallest absolute Gasteiger partial charge is 0.240 e. The summed E-state index contributed by atoms with van der Waals surface area (Å²) in [6.45, 7) is 4.90. The molecule has 3 N–H and O–H groups in total. The zero-order valence-electron chi connectivity index (χ0n) is 10.7. The number of hydrogen-bond donors (Lipinski definition) is 2. The molecule has 0 heterocycles. The summed E-state index contributed by atoms with van der Waals surface area (Å²) >= 11 is 0. The molecule has 0 aliphatic carbocycles. The van der Waals surface area contributed by atoms with Crippen molar-refractivity contribution in [2.45, 2.75) is 26.3 Å². The molecule has 0 aliphatic rings. The van der Waals surface area contributed by atoms with Crippen molar-refractivity contribution >= 4 is 11.8 Å². The highest BCUT2D eigenvalue weighted by molar-refractivity contribution is 5.86. The van der Waals surface area contributed by atoms with E-state index in [1.54, 1.807) is 7.11 Å². The monoisotopic (exact) mass is 246 g/mol. The number of amides is 2. The second-order valence-corrected chi connectivity index (χ2v) is 4.05. The molecule has 6 nitrogen and oxygen atoms in total. The Labute approximate surface area is 102 Å². The number of nitrogens with two attached hydrogens (primary N) is 1. The third-order valence-corrected chi connectivity index (χ3v) is 2.19. The number of carbonyl (C=O) groups excluding carboxylic acids is 2. The molecule has 0 aromatic rings. The highest BCUT2D eigenvalue weighted by atomic mass is 16.5. The average Bonchev–Trinajstić information content (AvgIpc) is 2.24. The van der Waals surface area contributed by atoms with Crippen LogP contribution in [0.5, 0.6) is 0 Å². The van der Waals surface area contributed by atoms with E-state index in [9.17, 15) is 9.59 Å². The maximum atomic E-state index is 11.5.